The van der Waals surface area contributed by atoms with E-state index in [9.17, 15) is 19.5 Å². The maximum absolute atomic E-state index is 13.4. The number of rotatable bonds is 9. The number of aryl methyl sites for hydroxylation is 2. The van der Waals surface area contributed by atoms with Crippen LogP contribution in [0.15, 0.2) is 28.1 Å². The molecular formula is C29H34N4O5S. The van der Waals surface area contributed by atoms with Crippen LogP contribution in [0.3, 0.4) is 0 Å². The number of carbonyl (C=O) groups is 3. The fourth-order valence-corrected chi connectivity index (χ4v) is 6.74. The highest BCUT2D eigenvalue weighted by atomic mass is 32.1. The van der Waals surface area contributed by atoms with Crippen molar-refractivity contribution in [1.29, 1.82) is 0 Å². The van der Waals surface area contributed by atoms with Gasteiger partial charge in [-0.1, -0.05) is 25.7 Å². The highest BCUT2D eigenvalue weighted by Gasteiger charge is 2.31. The lowest BCUT2D eigenvalue weighted by Crippen LogP contribution is -2.35. The number of hydrogen-bond acceptors (Lipinski definition) is 7. The zero-order valence-electron chi connectivity index (χ0n) is 22.6. The van der Waals surface area contributed by atoms with E-state index in [0.29, 0.717) is 47.7 Å². The summed E-state index contributed by atoms with van der Waals surface area (Å²) in [6.45, 7) is 4.46. The van der Waals surface area contributed by atoms with E-state index in [1.807, 2.05) is 31.4 Å². The number of thiazole rings is 1. The van der Waals surface area contributed by atoms with E-state index in [1.54, 1.807) is 18.1 Å². The molecule has 1 N–H and O–H groups in total. The Morgan fingerprint density at radius 2 is 1.92 bits per heavy atom. The molecule has 4 heterocycles. The van der Waals surface area contributed by atoms with Gasteiger partial charge in [0.2, 0.25) is 11.8 Å². The van der Waals surface area contributed by atoms with Gasteiger partial charge in [0.25, 0.3) is 0 Å². The van der Waals surface area contributed by atoms with Gasteiger partial charge in [-0.3, -0.25) is 24.2 Å². The van der Waals surface area contributed by atoms with Gasteiger partial charge in [0, 0.05) is 48.6 Å². The summed E-state index contributed by atoms with van der Waals surface area (Å²) in [5.74, 6) is 0.844. The predicted octanol–water partition coefficient (Wildman–Crippen LogP) is 5.84. The predicted molar refractivity (Wildman–Crippen MR) is 150 cm³/mol. The molecule has 1 saturated carbocycles. The molecule has 1 aliphatic heterocycles. The number of hydrogen-bond donors (Lipinski definition) is 1. The van der Waals surface area contributed by atoms with Crippen LogP contribution in [0.25, 0.3) is 22.4 Å². The van der Waals surface area contributed by atoms with Crippen LogP contribution in [0.1, 0.15) is 62.9 Å². The number of nitrogens with zero attached hydrogens (tertiary/aromatic N) is 4. The smallest absolute Gasteiger partial charge is 0.304 e. The van der Waals surface area contributed by atoms with Crippen LogP contribution < -0.4 is 9.80 Å². The summed E-state index contributed by atoms with van der Waals surface area (Å²) < 4.78 is 6.00. The minimum Gasteiger partial charge on any atom is -0.481 e. The third-order valence-electron chi connectivity index (χ3n) is 7.88. The van der Waals surface area contributed by atoms with Crippen LogP contribution in [0.4, 0.5) is 10.9 Å². The molecule has 0 radical (unpaired) electrons. The molecule has 1 aliphatic carbocycles. The Labute approximate surface area is 231 Å². The van der Waals surface area contributed by atoms with Crippen LogP contribution >= 0.6 is 11.3 Å². The van der Waals surface area contributed by atoms with Gasteiger partial charge in [-0.05, 0) is 44.7 Å². The van der Waals surface area contributed by atoms with E-state index in [0.717, 1.165) is 54.6 Å². The second-order valence-corrected chi connectivity index (χ2v) is 11.4. The molecule has 0 bridgehead atoms. The van der Waals surface area contributed by atoms with Crippen molar-refractivity contribution < 1.29 is 23.9 Å². The van der Waals surface area contributed by atoms with E-state index in [2.05, 4.69) is 4.98 Å². The summed E-state index contributed by atoms with van der Waals surface area (Å²) in [6.07, 6.45) is 7.97. The molecule has 1 atom stereocenters. The maximum Gasteiger partial charge on any atom is 0.304 e. The number of amides is 2. The number of carboxylic acids is 1. The van der Waals surface area contributed by atoms with Gasteiger partial charge in [-0.25, -0.2) is 9.97 Å². The average Bonchev–Trinajstić information content (AvgIpc) is 3.71. The molecule has 39 heavy (non-hydrogen) atoms. The number of aromatic nitrogens is 2. The van der Waals surface area contributed by atoms with Crippen LogP contribution in [0.5, 0.6) is 0 Å². The topological polar surface area (TPSA) is 117 Å². The van der Waals surface area contributed by atoms with Crippen molar-refractivity contribution in [1.82, 2.24) is 9.97 Å². The fourth-order valence-electron chi connectivity index (χ4n) is 5.96. The lowest BCUT2D eigenvalue weighted by molar-refractivity contribution is -0.140. The molecule has 0 spiro atoms. The zero-order valence-corrected chi connectivity index (χ0v) is 23.4. The third kappa shape index (κ3) is 5.61. The van der Waals surface area contributed by atoms with Crippen molar-refractivity contribution in [2.24, 2.45) is 11.8 Å². The molecule has 2 amide bonds. The van der Waals surface area contributed by atoms with Gasteiger partial charge in [0.1, 0.15) is 17.3 Å². The van der Waals surface area contributed by atoms with Gasteiger partial charge in [-0.2, -0.15) is 0 Å². The summed E-state index contributed by atoms with van der Waals surface area (Å²) in [6, 6.07) is 3.80. The van der Waals surface area contributed by atoms with E-state index >= 15 is 0 Å². The summed E-state index contributed by atoms with van der Waals surface area (Å²) >= 11 is 1.35. The second-order valence-electron chi connectivity index (χ2n) is 10.6. The molecule has 5 rings (SSSR count). The Hall–Kier alpha value is -3.53. The van der Waals surface area contributed by atoms with Crippen LogP contribution in [0.2, 0.25) is 0 Å². The molecule has 2 fully saturated rings. The summed E-state index contributed by atoms with van der Waals surface area (Å²) in [5, 5.41) is 11.9. The first kappa shape index (κ1) is 27.1. The Morgan fingerprint density at radius 3 is 2.56 bits per heavy atom. The van der Waals surface area contributed by atoms with E-state index in [4.69, 9.17) is 9.40 Å². The zero-order chi connectivity index (χ0) is 27.7. The molecular weight excluding hydrogens is 516 g/mol. The standard InChI is InChI=1S/C29H34N4O5S/c1-17-26(20-10-11-23(30-15-20)33-12-6-9-24(33)34)27(18(2)38-17)22-16-39-29(31-22)32(3)28(37)21(14-25(35)36)13-19-7-4-5-8-19/h10-11,15-16,19,21H,4-9,12-14H2,1-3H3,(H,35,36)/t21-/m1/s1. The molecule has 3 aromatic rings. The molecule has 1 saturated heterocycles. The van der Waals surface area contributed by atoms with Crippen molar-refractivity contribution in [2.45, 2.75) is 65.2 Å². The van der Waals surface area contributed by atoms with Crippen LogP contribution in [-0.2, 0) is 14.4 Å². The van der Waals surface area contributed by atoms with Crippen molar-refractivity contribution in [3.05, 3.63) is 35.2 Å². The molecule has 206 valence electrons. The molecule has 2 aliphatic rings. The molecule has 9 nitrogen and oxygen atoms in total. The van der Waals surface area contributed by atoms with Crippen molar-refractivity contribution in [3.8, 4) is 22.4 Å². The highest BCUT2D eigenvalue weighted by molar-refractivity contribution is 7.14. The van der Waals surface area contributed by atoms with Crippen molar-refractivity contribution in [3.63, 3.8) is 0 Å². The fraction of sp³-hybridized carbons (Fsp3) is 0.483. The first-order valence-corrected chi connectivity index (χ1v) is 14.4. The van der Waals surface area contributed by atoms with Gasteiger partial charge in [0.05, 0.1) is 17.7 Å². The van der Waals surface area contributed by atoms with Crippen LogP contribution in [-0.4, -0.2) is 46.5 Å². The number of aliphatic carboxylic acids is 1. The number of anilines is 2. The quantitative estimate of drug-likeness (QED) is 0.356. The van der Waals surface area contributed by atoms with E-state index < -0.39 is 11.9 Å². The minimum atomic E-state index is -0.956. The summed E-state index contributed by atoms with van der Waals surface area (Å²) in [5.41, 5.74) is 3.24. The monoisotopic (exact) mass is 550 g/mol. The molecule has 10 heteroatoms. The highest BCUT2D eigenvalue weighted by Crippen LogP contribution is 2.41. The number of carbonyl (C=O) groups excluding carboxylic acids is 2. The largest absolute Gasteiger partial charge is 0.481 e. The SMILES string of the molecule is Cc1oc(C)c(-c2csc(N(C)C(=O)[C@@H](CC(=O)O)CC3CCCC3)n2)c1-c1ccc(N2CCCC2=O)nc1. The van der Waals surface area contributed by atoms with Gasteiger partial charge < -0.3 is 9.52 Å². The summed E-state index contributed by atoms with van der Waals surface area (Å²) in [4.78, 5) is 49.6. The lowest BCUT2D eigenvalue weighted by atomic mass is 9.90. The van der Waals surface area contributed by atoms with Gasteiger partial charge >= 0.3 is 5.97 Å². The molecule has 0 aromatic carbocycles. The Kier molecular flexibility index (Phi) is 7.83. The number of furan rings is 1. The lowest BCUT2D eigenvalue weighted by Gasteiger charge is -2.23. The van der Waals surface area contributed by atoms with Crippen LogP contribution in [0, 0.1) is 25.7 Å². The second kappa shape index (κ2) is 11.3. The Balaban J connectivity index is 1.39. The number of carboxylic acid groups (broad SMARTS) is 1. The first-order chi connectivity index (χ1) is 18.7. The van der Waals surface area contributed by atoms with E-state index in [-0.39, 0.29) is 18.2 Å². The number of pyridine rings is 1. The minimum absolute atomic E-state index is 0.0915. The van der Waals surface area contributed by atoms with E-state index in [1.165, 1.54) is 16.2 Å². The Morgan fingerprint density at radius 1 is 1.18 bits per heavy atom. The van der Waals surface area contributed by atoms with Gasteiger partial charge in [0.15, 0.2) is 5.13 Å². The first-order valence-electron chi connectivity index (χ1n) is 13.5. The Bertz CT molecular complexity index is 1370. The van der Waals surface area contributed by atoms with Gasteiger partial charge in [-0.15, -0.1) is 11.3 Å². The molecule has 0 unspecified atom stereocenters. The maximum atomic E-state index is 13.4. The average molecular weight is 551 g/mol. The normalized spacial score (nSPS) is 16.7. The molecule has 3 aromatic heterocycles. The van der Waals surface area contributed by atoms with Crippen molar-refractivity contribution in [2.75, 3.05) is 23.4 Å². The van der Waals surface area contributed by atoms with Crippen molar-refractivity contribution >= 4 is 40.1 Å². The summed E-state index contributed by atoms with van der Waals surface area (Å²) in [7, 11) is 1.67. The third-order valence-corrected chi connectivity index (χ3v) is 8.79.